The molecule has 98 valence electrons. The number of unbranched alkanes of at least 4 members (excludes halogenated alkanes) is 1. The average Bonchev–Trinajstić information content (AvgIpc) is 2.13. The highest BCUT2D eigenvalue weighted by Crippen LogP contribution is 2.07. The molecule has 4 nitrogen and oxygen atoms in total. The van der Waals surface area contributed by atoms with Crippen LogP contribution in [0.5, 0.6) is 0 Å². The fourth-order valence-corrected chi connectivity index (χ4v) is 1.35. The minimum absolute atomic E-state index is 0.331. The lowest BCUT2D eigenvalue weighted by Crippen LogP contribution is -2.37. The van der Waals surface area contributed by atoms with Crippen LogP contribution in [0.4, 0.5) is 0 Å². The number of aliphatic hydroxyl groups excluding tert-OH is 1. The standard InChI is InChI=1S/C12H27NO3/c1-4-5-6-15-7-8-16-10-11(14)9-12(2,3)13/h11,14H,4-10,13H2,1-3H3. The lowest BCUT2D eigenvalue weighted by Gasteiger charge is -2.22. The Morgan fingerprint density at radius 3 is 2.38 bits per heavy atom. The van der Waals surface area contributed by atoms with Crippen molar-refractivity contribution in [2.45, 2.75) is 51.7 Å². The van der Waals surface area contributed by atoms with Gasteiger partial charge in [0.15, 0.2) is 0 Å². The Kier molecular flexibility index (Phi) is 8.84. The van der Waals surface area contributed by atoms with Gasteiger partial charge in [0.05, 0.1) is 25.9 Å². The van der Waals surface area contributed by atoms with E-state index in [1.54, 1.807) is 0 Å². The second-order valence-electron chi connectivity index (χ2n) is 4.89. The van der Waals surface area contributed by atoms with Crippen LogP contribution >= 0.6 is 0 Å². The van der Waals surface area contributed by atoms with Gasteiger partial charge in [-0.15, -0.1) is 0 Å². The van der Waals surface area contributed by atoms with E-state index < -0.39 is 6.10 Å². The third-order valence-electron chi connectivity index (χ3n) is 2.09. The first-order valence-corrected chi connectivity index (χ1v) is 6.08. The Hall–Kier alpha value is -0.160. The lowest BCUT2D eigenvalue weighted by molar-refractivity contribution is -0.00414. The first-order chi connectivity index (χ1) is 7.45. The first-order valence-electron chi connectivity index (χ1n) is 6.08. The van der Waals surface area contributed by atoms with Gasteiger partial charge in [0, 0.05) is 12.1 Å². The number of hydrogen-bond donors (Lipinski definition) is 2. The Morgan fingerprint density at radius 1 is 1.19 bits per heavy atom. The molecule has 3 N–H and O–H groups in total. The zero-order valence-electron chi connectivity index (χ0n) is 10.9. The van der Waals surface area contributed by atoms with Crippen molar-refractivity contribution in [3.05, 3.63) is 0 Å². The molecule has 0 aliphatic carbocycles. The first kappa shape index (κ1) is 15.8. The van der Waals surface area contributed by atoms with Crippen molar-refractivity contribution in [1.82, 2.24) is 0 Å². The number of ether oxygens (including phenoxy) is 2. The summed E-state index contributed by atoms with van der Waals surface area (Å²) in [5.41, 5.74) is 5.43. The van der Waals surface area contributed by atoms with Crippen LogP contribution in [0.15, 0.2) is 0 Å². The van der Waals surface area contributed by atoms with Gasteiger partial charge in [-0.2, -0.15) is 0 Å². The second kappa shape index (κ2) is 8.93. The average molecular weight is 233 g/mol. The molecule has 0 saturated carbocycles. The van der Waals surface area contributed by atoms with E-state index in [2.05, 4.69) is 6.92 Å². The highest BCUT2D eigenvalue weighted by molar-refractivity contribution is 4.75. The smallest absolute Gasteiger partial charge is 0.0790 e. The fourth-order valence-electron chi connectivity index (χ4n) is 1.35. The van der Waals surface area contributed by atoms with Crippen molar-refractivity contribution in [2.75, 3.05) is 26.4 Å². The van der Waals surface area contributed by atoms with Crippen molar-refractivity contribution in [3.8, 4) is 0 Å². The summed E-state index contributed by atoms with van der Waals surface area (Å²) in [6, 6.07) is 0. The van der Waals surface area contributed by atoms with Gasteiger partial charge < -0.3 is 20.3 Å². The molecule has 1 atom stereocenters. The summed E-state index contributed by atoms with van der Waals surface area (Å²) in [5, 5.41) is 9.58. The monoisotopic (exact) mass is 233 g/mol. The Bertz CT molecular complexity index is 157. The topological polar surface area (TPSA) is 64.7 Å². The summed E-state index contributed by atoms with van der Waals surface area (Å²) < 4.78 is 10.6. The number of rotatable bonds is 10. The van der Waals surface area contributed by atoms with Crippen LogP contribution in [0.25, 0.3) is 0 Å². The normalized spacial score (nSPS) is 14.1. The largest absolute Gasteiger partial charge is 0.391 e. The molecule has 0 aliphatic heterocycles. The van der Waals surface area contributed by atoms with Crippen molar-refractivity contribution >= 4 is 0 Å². The maximum atomic E-state index is 9.58. The summed E-state index contributed by atoms with van der Waals surface area (Å²) in [7, 11) is 0. The fraction of sp³-hybridized carbons (Fsp3) is 1.00. The zero-order valence-corrected chi connectivity index (χ0v) is 10.9. The van der Waals surface area contributed by atoms with E-state index in [-0.39, 0.29) is 5.54 Å². The van der Waals surface area contributed by atoms with E-state index in [9.17, 15) is 5.11 Å². The third kappa shape index (κ3) is 11.9. The Labute approximate surface area is 99.1 Å². The Morgan fingerprint density at radius 2 is 1.81 bits per heavy atom. The van der Waals surface area contributed by atoms with Gasteiger partial charge in [-0.1, -0.05) is 13.3 Å². The number of aliphatic hydroxyl groups is 1. The van der Waals surface area contributed by atoms with Crippen LogP contribution in [-0.2, 0) is 9.47 Å². The molecular weight excluding hydrogens is 206 g/mol. The molecule has 0 bridgehead atoms. The molecule has 16 heavy (non-hydrogen) atoms. The molecule has 0 aromatic heterocycles. The van der Waals surface area contributed by atoms with Crippen molar-refractivity contribution in [1.29, 1.82) is 0 Å². The van der Waals surface area contributed by atoms with Gasteiger partial charge in [-0.25, -0.2) is 0 Å². The van der Waals surface area contributed by atoms with Crippen LogP contribution in [-0.4, -0.2) is 43.2 Å². The molecule has 1 unspecified atom stereocenters. The van der Waals surface area contributed by atoms with Crippen LogP contribution in [0, 0.1) is 0 Å². The highest BCUT2D eigenvalue weighted by Gasteiger charge is 2.16. The van der Waals surface area contributed by atoms with Gasteiger partial charge in [0.2, 0.25) is 0 Å². The van der Waals surface area contributed by atoms with Crippen LogP contribution < -0.4 is 5.73 Å². The van der Waals surface area contributed by atoms with E-state index in [0.717, 1.165) is 19.4 Å². The maximum Gasteiger partial charge on any atom is 0.0790 e. The Balaban J connectivity index is 3.25. The molecule has 4 heteroatoms. The van der Waals surface area contributed by atoms with Crippen LogP contribution in [0.3, 0.4) is 0 Å². The molecule has 0 amide bonds. The van der Waals surface area contributed by atoms with E-state index in [0.29, 0.717) is 26.2 Å². The van der Waals surface area contributed by atoms with Crippen molar-refractivity contribution in [2.24, 2.45) is 5.73 Å². The van der Waals surface area contributed by atoms with Crippen molar-refractivity contribution in [3.63, 3.8) is 0 Å². The number of nitrogens with two attached hydrogens (primary N) is 1. The molecule has 0 saturated heterocycles. The molecule has 0 aromatic carbocycles. The van der Waals surface area contributed by atoms with Gasteiger partial charge in [0.25, 0.3) is 0 Å². The van der Waals surface area contributed by atoms with Gasteiger partial charge in [-0.3, -0.25) is 0 Å². The summed E-state index contributed by atoms with van der Waals surface area (Å²) in [4.78, 5) is 0. The lowest BCUT2D eigenvalue weighted by atomic mass is 9.99. The third-order valence-corrected chi connectivity index (χ3v) is 2.09. The predicted octanol–water partition coefficient (Wildman–Crippen LogP) is 1.31. The van der Waals surface area contributed by atoms with Gasteiger partial charge in [-0.05, 0) is 26.7 Å². The second-order valence-corrected chi connectivity index (χ2v) is 4.89. The quantitative estimate of drug-likeness (QED) is 0.558. The van der Waals surface area contributed by atoms with Crippen LogP contribution in [0.1, 0.15) is 40.0 Å². The highest BCUT2D eigenvalue weighted by atomic mass is 16.5. The van der Waals surface area contributed by atoms with E-state index in [1.165, 1.54) is 0 Å². The molecule has 0 heterocycles. The molecular formula is C12H27NO3. The molecule has 0 fully saturated rings. The summed E-state index contributed by atoms with van der Waals surface area (Å²) in [6.45, 7) is 8.17. The zero-order chi connectivity index (χ0) is 12.4. The molecule has 0 spiro atoms. The summed E-state index contributed by atoms with van der Waals surface area (Å²) >= 11 is 0. The van der Waals surface area contributed by atoms with Crippen molar-refractivity contribution < 1.29 is 14.6 Å². The summed E-state index contributed by atoms with van der Waals surface area (Å²) in [6.07, 6.45) is 2.29. The number of hydrogen-bond acceptors (Lipinski definition) is 4. The van der Waals surface area contributed by atoms with E-state index in [4.69, 9.17) is 15.2 Å². The minimum Gasteiger partial charge on any atom is -0.391 e. The van der Waals surface area contributed by atoms with Crippen LogP contribution in [0.2, 0.25) is 0 Å². The molecule has 0 aromatic rings. The molecule has 0 radical (unpaired) electrons. The minimum atomic E-state index is -0.490. The summed E-state index contributed by atoms with van der Waals surface area (Å²) in [5.74, 6) is 0. The predicted molar refractivity (Wildman–Crippen MR) is 65.4 cm³/mol. The molecule has 0 aliphatic rings. The van der Waals surface area contributed by atoms with Gasteiger partial charge in [0.1, 0.15) is 0 Å². The van der Waals surface area contributed by atoms with Gasteiger partial charge >= 0.3 is 0 Å². The molecule has 0 rings (SSSR count). The van der Waals surface area contributed by atoms with E-state index >= 15 is 0 Å². The van der Waals surface area contributed by atoms with E-state index in [1.807, 2.05) is 13.8 Å². The SMILES string of the molecule is CCCCOCCOCC(O)CC(C)(C)N. The maximum absolute atomic E-state index is 9.58.